The molecule has 0 bridgehead atoms. The van der Waals surface area contributed by atoms with E-state index in [-0.39, 0.29) is 17.1 Å². The van der Waals surface area contributed by atoms with E-state index in [4.69, 9.17) is 0 Å². The molecule has 0 heterocycles. The van der Waals surface area contributed by atoms with Crippen molar-refractivity contribution in [3.8, 4) is 0 Å². The van der Waals surface area contributed by atoms with Gasteiger partial charge in [-0.15, -0.1) is 0 Å². The van der Waals surface area contributed by atoms with Crippen LogP contribution in [0.1, 0.15) is 6.92 Å². The van der Waals surface area contributed by atoms with Crippen LogP contribution in [-0.4, -0.2) is 6.54 Å². The maximum atomic E-state index is 3.43. The Morgan fingerprint density at radius 3 is 1.86 bits per heavy atom. The number of nitrogens with one attached hydrogen (secondary N) is 1. The van der Waals surface area contributed by atoms with E-state index >= 15 is 0 Å². The minimum Gasteiger partial charge on any atom is -0.385 e. The van der Waals surface area contributed by atoms with Crippen LogP contribution in [0.15, 0.2) is 30.3 Å². The van der Waals surface area contributed by atoms with Crippen molar-refractivity contribution in [3.05, 3.63) is 94.0 Å². The molecule has 2 heteroatoms. The molecule has 1 nitrogen and oxygen atoms in total. The van der Waals surface area contributed by atoms with E-state index in [0.717, 1.165) is 6.54 Å². The SMILES string of the molecule is CC(CNc1ccccc1)[C]1[CH][CH][CH][CH]1.[CH]1[CH][CH][CH][CH]1.[Fe+2]. The molecule has 1 atom stereocenters. The van der Waals surface area contributed by atoms with Gasteiger partial charge in [0.2, 0.25) is 0 Å². The Morgan fingerprint density at radius 1 is 0.810 bits per heavy atom. The fourth-order valence-corrected chi connectivity index (χ4v) is 1.98. The molecule has 21 heavy (non-hydrogen) atoms. The summed E-state index contributed by atoms with van der Waals surface area (Å²) in [6.45, 7) is 3.22. The second-order valence-corrected chi connectivity index (χ2v) is 4.83. The topological polar surface area (TPSA) is 12.0 Å². The average Bonchev–Trinajstić information content (AvgIpc) is 3.20. The summed E-state index contributed by atoms with van der Waals surface area (Å²) in [5, 5.41) is 3.43. The van der Waals surface area contributed by atoms with Crippen LogP contribution < -0.4 is 5.32 Å². The maximum absolute atomic E-state index is 3.43. The van der Waals surface area contributed by atoms with Crippen LogP contribution in [0.4, 0.5) is 5.69 Å². The second kappa shape index (κ2) is 11.2. The molecule has 0 aromatic heterocycles. The summed E-state index contributed by atoms with van der Waals surface area (Å²) < 4.78 is 0. The van der Waals surface area contributed by atoms with Gasteiger partial charge in [0.05, 0.1) is 0 Å². The van der Waals surface area contributed by atoms with Gasteiger partial charge in [0.15, 0.2) is 0 Å². The third-order valence-electron chi connectivity index (χ3n) is 3.20. The quantitative estimate of drug-likeness (QED) is 0.822. The van der Waals surface area contributed by atoms with Gasteiger partial charge in [-0.05, 0) is 81.8 Å². The fourth-order valence-electron chi connectivity index (χ4n) is 1.98. The van der Waals surface area contributed by atoms with Crippen LogP contribution in [0.25, 0.3) is 0 Å². The normalized spacial score (nSPS) is 19.3. The molecular formula is C19H21FeN+2. The third kappa shape index (κ3) is 7.38. The number of para-hydroxylation sites is 1. The van der Waals surface area contributed by atoms with Crippen LogP contribution in [0, 0.1) is 69.6 Å². The Kier molecular flexibility index (Phi) is 9.87. The monoisotopic (exact) mass is 319 g/mol. The first kappa shape index (κ1) is 18.6. The van der Waals surface area contributed by atoms with Crippen LogP contribution in [-0.2, 0) is 17.1 Å². The largest absolute Gasteiger partial charge is 2.00 e. The average molecular weight is 319 g/mol. The van der Waals surface area contributed by atoms with Gasteiger partial charge in [-0.1, -0.05) is 25.1 Å². The van der Waals surface area contributed by atoms with E-state index in [1.54, 1.807) is 0 Å². The third-order valence-corrected chi connectivity index (χ3v) is 3.20. The molecule has 10 radical (unpaired) electrons. The minimum atomic E-state index is 0. The molecule has 2 aliphatic carbocycles. The number of benzene rings is 1. The Labute approximate surface area is 141 Å². The summed E-state index contributed by atoms with van der Waals surface area (Å²) in [7, 11) is 0. The number of hydrogen-bond acceptors (Lipinski definition) is 1. The predicted molar refractivity (Wildman–Crippen MR) is 86.0 cm³/mol. The summed E-state index contributed by atoms with van der Waals surface area (Å²) in [5.41, 5.74) is 1.19. The van der Waals surface area contributed by atoms with E-state index < -0.39 is 0 Å². The van der Waals surface area contributed by atoms with Crippen molar-refractivity contribution in [1.82, 2.24) is 0 Å². The first-order chi connectivity index (χ1) is 9.86. The molecule has 2 aliphatic rings. The molecular weight excluding hydrogens is 298 g/mol. The zero-order valence-corrected chi connectivity index (χ0v) is 13.3. The van der Waals surface area contributed by atoms with Gasteiger partial charge in [0.25, 0.3) is 0 Å². The summed E-state index contributed by atoms with van der Waals surface area (Å²) in [5.74, 6) is 1.96. The molecule has 1 N–H and O–H groups in total. The zero-order valence-electron chi connectivity index (χ0n) is 12.2. The van der Waals surface area contributed by atoms with Crippen molar-refractivity contribution >= 4 is 5.69 Å². The molecule has 2 saturated carbocycles. The van der Waals surface area contributed by atoms with Crippen LogP contribution >= 0.6 is 0 Å². The van der Waals surface area contributed by atoms with Gasteiger partial charge in [-0.2, -0.15) is 0 Å². The van der Waals surface area contributed by atoms with Gasteiger partial charge in [0, 0.05) is 12.2 Å². The molecule has 3 rings (SSSR count). The first-order valence-electron chi connectivity index (χ1n) is 7.03. The summed E-state index contributed by atoms with van der Waals surface area (Å²) in [6.07, 6.45) is 18.5. The van der Waals surface area contributed by atoms with Gasteiger partial charge >= 0.3 is 17.1 Å². The van der Waals surface area contributed by atoms with E-state index in [9.17, 15) is 0 Å². The van der Waals surface area contributed by atoms with Crippen LogP contribution in [0.5, 0.6) is 0 Å². The first-order valence-corrected chi connectivity index (χ1v) is 7.03. The van der Waals surface area contributed by atoms with Crippen LogP contribution in [0.2, 0.25) is 0 Å². The molecule has 1 aromatic carbocycles. The van der Waals surface area contributed by atoms with Crippen molar-refractivity contribution in [2.45, 2.75) is 6.92 Å². The van der Waals surface area contributed by atoms with E-state index in [1.165, 1.54) is 11.6 Å². The molecule has 1 aromatic rings. The second-order valence-electron chi connectivity index (χ2n) is 4.83. The Hall–Kier alpha value is -0.461. The van der Waals surface area contributed by atoms with Gasteiger partial charge < -0.3 is 5.32 Å². The van der Waals surface area contributed by atoms with Crippen molar-refractivity contribution < 1.29 is 17.1 Å². The van der Waals surface area contributed by atoms with Gasteiger partial charge in [-0.25, -0.2) is 0 Å². The number of rotatable bonds is 4. The molecule has 0 amide bonds. The van der Waals surface area contributed by atoms with E-state index in [0.29, 0.717) is 5.92 Å². The Morgan fingerprint density at radius 2 is 1.33 bits per heavy atom. The summed E-state index contributed by atoms with van der Waals surface area (Å²) in [6, 6.07) is 10.3. The molecule has 108 valence electrons. The Bertz CT molecular complexity index is 334. The van der Waals surface area contributed by atoms with Gasteiger partial charge in [0.1, 0.15) is 0 Å². The van der Waals surface area contributed by atoms with E-state index in [2.05, 4.69) is 62.2 Å². The number of anilines is 1. The maximum Gasteiger partial charge on any atom is 2.00 e. The van der Waals surface area contributed by atoms with Crippen molar-refractivity contribution in [2.75, 3.05) is 11.9 Å². The molecule has 2 fully saturated rings. The van der Waals surface area contributed by atoms with Crippen LogP contribution in [0.3, 0.4) is 0 Å². The molecule has 0 aliphatic heterocycles. The predicted octanol–water partition coefficient (Wildman–Crippen LogP) is 4.16. The summed E-state index contributed by atoms with van der Waals surface area (Å²) in [4.78, 5) is 0. The van der Waals surface area contributed by atoms with Crippen molar-refractivity contribution in [3.63, 3.8) is 0 Å². The Balaban J connectivity index is 0.000000313. The smallest absolute Gasteiger partial charge is 0.385 e. The fraction of sp³-hybridized carbons (Fsp3) is 0.158. The number of hydrogen-bond donors (Lipinski definition) is 1. The summed E-state index contributed by atoms with van der Waals surface area (Å²) >= 11 is 0. The molecule has 1 unspecified atom stereocenters. The molecule has 0 spiro atoms. The van der Waals surface area contributed by atoms with E-state index in [1.807, 2.05) is 38.2 Å². The zero-order chi connectivity index (χ0) is 14.0. The molecule has 0 saturated heterocycles. The standard InChI is InChI=1S/C14H16N.C5H5.Fe/c1-12(13-7-5-6-8-13)11-15-14-9-3-2-4-10-14;1-2-4-5-3-1;/h2-10,12,15H,11H2,1H3;1-5H;/q;;+2. The van der Waals surface area contributed by atoms with Crippen molar-refractivity contribution in [2.24, 2.45) is 5.92 Å². The minimum absolute atomic E-state index is 0. The van der Waals surface area contributed by atoms with Crippen molar-refractivity contribution in [1.29, 1.82) is 0 Å². The van der Waals surface area contributed by atoms with Gasteiger partial charge in [-0.3, -0.25) is 0 Å².